The molecule has 0 bridgehead atoms. The summed E-state index contributed by atoms with van der Waals surface area (Å²) >= 11 is 5.83. The first-order chi connectivity index (χ1) is 13.5. The minimum Gasteiger partial charge on any atom is -0.465 e. The molecule has 2 N–H and O–H groups in total. The van der Waals surface area contributed by atoms with Gasteiger partial charge >= 0.3 is 17.3 Å². The molecule has 0 saturated carbocycles. The number of aromatic nitrogens is 3. The van der Waals surface area contributed by atoms with Crippen molar-refractivity contribution >= 4 is 23.5 Å². The van der Waals surface area contributed by atoms with Crippen LogP contribution in [0.15, 0.2) is 58.1 Å². The summed E-state index contributed by atoms with van der Waals surface area (Å²) in [7, 11) is 1.31. The number of carbonyl (C=O) groups excluding carboxylic acids is 1. The van der Waals surface area contributed by atoms with Gasteiger partial charge in [-0.3, -0.25) is 4.98 Å². The van der Waals surface area contributed by atoms with E-state index in [0.717, 1.165) is 15.7 Å². The molecule has 2 aromatic carbocycles. The molecule has 0 fully saturated rings. The molecule has 3 rings (SSSR count). The summed E-state index contributed by atoms with van der Waals surface area (Å²) in [5.74, 6) is -0.353. The number of ether oxygens (including phenoxy) is 1. The molecule has 9 heteroatoms. The van der Waals surface area contributed by atoms with E-state index in [0.29, 0.717) is 17.1 Å². The number of anilines is 1. The highest BCUT2D eigenvalue weighted by atomic mass is 35.5. The number of nitrogens with one attached hydrogen (secondary N) is 2. The Kier molecular flexibility index (Phi) is 5.90. The van der Waals surface area contributed by atoms with Crippen molar-refractivity contribution in [2.75, 3.05) is 12.4 Å². The second kappa shape index (κ2) is 8.53. The van der Waals surface area contributed by atoms with Crippen LogP contribution in [0.25, 0.3) is 0 Å². The largest absolute Gasteiger partial charge is 0.465 e. The molecule has 1 aromatic heterocycles. The zero-order valence-corrected chi connectivity index (χ0v) is 15.7. The highest BCUT2D eigenvalue weighted by Crippen LogP contribution is 2.10. The van der Waals surface area contributed by atoms with Crippen LogP contribution in [0.1, 0.15) is 21.5 Å². The number of methoxy groups -OCH3 is 1. The molecule has 0 aliphatic rings. The molecule has 0 aliphatic heterocycles. The molecule has 3 aromatic rings. The van der Waals surface area contributed by atoms with Gasteiger partial charge in [0.15, 0.2) is 0 Å². The predicted molar refractivity (Wildman–Crippen MR) is 105 cm³/mol. The first-order valence-electron chi connectivity index (χ1n) is 8.33. The average Bonchev–Trinajstić information content (AvgIpc) is 2.70. The number of H-pyrrole nitrogens is 1. The van der Waals surface area contributed by atoms with Gasteiger partial charge in [-0.15, -0.1) is 0 Å². The quantitative estimate of drug-likeness (QED) is 0.613. The Hall–Kier alpha value is -3.39. The van der Waals surface area contributed by atoms with Crippen LogP contribution in [0.2, 0.25) is 5.02 Å². The van der Waals surface area contributed by atoms with Crippen molar-refractivity contribution in [2.45, 2.75) is 13.1 Å². The number of carbonyl (C=O) groups is 1. The summed E-state index contributed by atoms with van der Waals surface area (Å²) in [6.45, 7) is 0.401. The Labute approximate surface area is 164 Å². The first-order valence-corrected chi connectivity index (χ1v) is 8.71. The monoisotopic (exact) mass is 400 g/mol. The van der Waals surface area contributed by atoms with Gasteiger partial charge in [0.05, 0.1) is 19.2 Å². The molecule has 8 nitrogen and oxygen atoms in total. The minimum absolute atomic E-state index is 0.0689. The lowest BCUT2D eigenvalue weighted by Crippen LogP contribution is -2.38. The zero-order chi connectivity index (χ0) is 20.1. The smallest absolute Gasteiger partial charge is 0.355 e. The van der Waals surface area contributed by atoms with Gasteiger partial charge < -0.3 is 10.1 Å². The van der Waals surface area contributed by atoms with E-state index in [4.69, 9.17) is 11.6 Å². The van der Waals surface area contributed by atoms with Crippen molar-refractivity contribution < 1.29 is 9.53 Å². The Bertz CT molecular complexity index is 1060. The molecular formula is C19H17ClN4O4. The Morgan fingerprint density at radius 2 is 1.75 bits per heavy atom. The maximum atomic E-state index is 12.2. The van der Waals surface area contributed by atoms with Crippen molar-refractivity contribution in [3.05, 3.63) is 91.2 Å². The summed E-state index contributed by atoms with van der Waals surface area (Å²) < 4.78 is 5.64. The molecule has 1 heterocycles. The maximum absolute atomic E-state index is 12.2. The van der Waals surface area contributed by atoms with E-state index < -0.39 is 17.3 Å². The van der Waals surface area contributed by atoms with Gasteiger partial charge in [-0.25, -0.2) is 19.0 Å². The number of hydrogen-bond acceptors (Lipinski definition) is 6. The minimum atomic E-state index is -0.665. The van der Waals surface area contributed by atoms with E-state index in [9.17, 15) is 14.4 Å². The topological polar surface area (TPSA) is 106 Å². The molecule has 0 amide bonds. The Balaban J connectivity index is 1.70. The van der Waals surface area contributed by atoms with Crippen molar-refractivity contribution in [3.63, 3.8) is 0 Å². The summed E-state index contributed by atoms with van der Waals surface area (Å²) in [5.41, 5.74) is 0.786. The average molecular weight is 401 g/mol. The summed E-state index contributed by atoms with van der Waals surface area (Å²) in [6, 6.07) is 13.6. The van der Waals surface area contributed by atoms with E-state index in [1.165, 1.54) is 7.11 Å². The molecule has 0 saturated heterocycles. The van der Waals surface area contributed by atoms with Gasteiger partial charge in [0.2, 0.25) is 5.95 Å². The van der Waals surface area contributed by atoms with Gasteiger partial charge in [-0.2, -0.15) is 4.98 Å². The van der Waals surface area contributed by atoms with E-state index >= 15 is 0 Å². The van der Waals surface area contributed by atoms with Gasteiger partial charge in [0.1, 0.15) is 0 Å². The number of aromatic amines is 1. The maximum Gasteiger partial charge on any atom is 0.355 e. The van der Waals surface area contributed by atoms with Gasteiger partial charge in [0, 0.05) is 11.6 Å². The van der Waals surface area contributed by atoms with Crippen molar-refractivity contribution in [1.82, 2.24) is 14.5 Å². The van der Waals surface area contributed by atoms with Crippen LogP contribution in [0.5, 0.6) is 0 Å². The predicted octanol–water partition coefficient (Wildman–Crippen LogP) is 2.03. The van der Waals surface area contributed by atoms with E-state index in [1.807, 2.05) is 0 Å². The Morgan fingerprint density at radius 3 is 2.36 bits per heavy atom. The second-order valence-corrected chi connectivity index (χ2v) is 6.36. The van der Waals surface area contributed by atoms with Crippen LogP contribution < -0.4 is 16.7 Å². The third-order valence-electron chi connectivity index (χ3n) is 4.00. The number of rotatable bonds is 6. The standard InChI is InChI=1S/C19H17ClN4O4/c1-28-16(25)14-6-2-12(3-7-14)10-21-17-22-18(26)24(19(27)23-17)11-13-4-8-15(20)9-5-13/h2-9H,10-11H2,1H3,(H2,21,22,23,26,27). The van der Waals surface area contributed by atoms with E-state index in [-0.39, 0.29) is 12.5 Å². The lowest BCUT2D eigenvalue weighted by atomic mass is 10.1. The fourth-order valence-corrected chi connectivity index (χ4v) is 2.62. The number of benzene rings is 2. The lowest BCUT2D eigenvalue weighted by molar-refractivity contribution is 0.0600. The van der Waals surface area contributed by atoms with Crippen LogP contribution in [0.4, 0.5) is 5.95 Å². The SMILES string of the molecule is COC(=O)c1ccc(CNc2nc(=O)n(Cc3ccc(Cl)cc3)c(=O)[nH]2)cc1. The molecule has 0 spiro atoms. The van der Waals surface area contributed by atoms with Gasteiger partial charge in [-0.05, 0) is 35.4 Å². The third kappa shape index (κ3) is 4.66. The summed E-state index contributed by atoms with van der Waals surface area (Å²) in [4.78, 5) is 42.3. The van der Waals surface area contributed by atoms with Crippen molar-refractivity contribution in [1.29, 1.82) is 0 Å². The lowest BCUT2D eigenvalue weighted by Gasteiger charge is -2.08. The van der Waals surface area contributed by atoms with E-state index in [1.54, 1.807) is 48.5 Å². The summed E-state index contributed by atoms with van der Waals surface area (Å²) in [5, 5.41) is 3.46. The fraction of sp³-hybridized carbons (Fsp3) is 0.158. The fourth-order valence-electron chi connectivity index (χ4n) is 2.50. The van der Waals surface area contributed by atoms with Crippen LogP contribution in [-0.2, 0) is 17.8 Å². The second-order valence-electron chi connectivity index (χ2n) is 5.93. The van der Waals surface area contributed by atoms with Crippen LogP contribution in [0.3, 0.4) is 0 Å². The molecule has 0 radical (unpaired) electrons. The molecule has 0 atom stereocenters. The normalized spacial score (nSPS) is 10.5. The number of halogens is 1. The van der Waals surface area contributed by atoms with Crippen LogP contribution in [-0.4, -0.2) is 27.6 Å². The summed E-state index contributed by atoms with van der Waals surface area (Å²) in [6.07, 6.45) is 0. The number of esters is 1. The highest BCUT2D eigenvalue weighted by Gasteiger charge is 2.08. The molecule has 0 unspecified atom stereocenters. The Morgan fingerprint density at radius 1 is 1.11 bits per heavy atom. The van der Waals surface area contributed by atoms with Crippen LogP contribution >= 0.6 is 11.6 Å². The zero-order valence-electron chi connectivity index (χ0n) is 14.9. The van der Waals surface area contributed by atoms with Crippen LogP contribution in [0, 0.1) is 0 Å². The van der Waals surface area contributed by atoms with Crippen molar-refractivity contribution in [3.8, 4) is 0 Å². The molecule has 144 valence electrons. The van der Waals surface area contributed by atoms with Gasteiger partial charge in [0.25, 0.3) is 0 Å². The third-order valence-corrected chi connectivity index (χ3v) is 4.25. The highest BCUT2D eigenvalue weighted by molar-refractivity contribution is 6.30. The molecule has 0 aliphatic carbocycles. The van der Waals surface area contributed by atoms with E-state index in [2.05, 4.69) is 20.0 Å². The van der Waals surface area contributed by atoms with Crippen molar-refractivity contribution in [2.24, 2.45) is 0 Å². The molecule has 28 heavy (non-hydrogen) atoms. The first kappa shape index (κ1) is 19.4. The number of nitrogens with zero attached hydrogens (tertiary/aromatic N) is 2. The van der Waals surface area contributed by atoms with Gasteiger partial charge in [-0.1, -0.05) is 35.9 Å². The number of hydrogen-bond donors (Lipinski definition) is 2. The molecular weight excluding hydrogens is 384 g/mol.